The summed E-state index contributed by atoms with van der Waals surface area (Å²) in [5, 5.41) is 15.4. The van der Waals surface area contributed by atoms with Gasteiger partial charge in [0.05, 0.1) is 16.5 Å². The molecule has 1 aliphatic rings. The van der Waals surface area contributed by atoms with Gasteiger partial charge in [0.1, 0.15) is 0 Å². The van der Waals surface area contributed by atoms with E-state index in [4.69, 9.17) is 11.6 Å². The Hall–Kier alpha value is -2.13. The van der Waals surface area contributed by atoms with Gasteiger partial charge < -0.3 is 15.3 Å². The largest absolute Gasteiger partial charge is 0.390 e. The van der Waals surface area contributed by atoms with Crippen LogP contribution in [0.3, 0.4) is 0 Å². The Bertz CT molecular complexity index is 1240. The fourth-order valence-corrected chi connectivity index (χ4v) is 7.80. The molecule has 0 saturated carbocycles. The number of aliphatic hydroxyl groups is 1. The molecule has 2 atom stereocenters. The molecular formula is C31H46ClN3O4S. The molecule has 0 saturated heterocycles. The molecule has 2 N–H and O–H groups in total. The van der Waals surface area contributed by atoms with Crippen molar-refractivity contribution in [2.75, 3.05) is 37.2 Å². The van der Waals surface area contributed by atoms with Crippen LogP contribution in [0.15, 0.2) is 47.4 Å². The number of likely N-dealkylation sites (N-methyl/N-ethyl adjacent to an activating group) is 1. The molecule has 2 aromatic carbocycles. The molecule has 222 valence electrons. The van der Waals surface area contributed by atoms with Crippen LogP contribution in [0, 0.1) is 0 Å². The highest BCUT2D eigenvalue weighted by Gasteiger charge is 2.53. The van der Waals surface area contributed by atoms with Crippen molar-refractivity contribution in [1.82, 2.24) is 4.31 Å². The molecule has 1 heterocycles. The highest BCUT2D eigenvalue weighted by atomic mass is 35.5. The first-order chi connectivity index (χ1) is 19.0. The molecule has 0 unspecified atom stereocenters. The van der Waals surface area contributed by atoms with Crippen molar-refractivity contribution in [3.05, 3.63) is 53.6 Å². The summed E-state index contributed by atoms with van der Waals surface area (Å²) in [6.45, 7) is 4.17. The summed E-state index contributed by atoms with van der Waals surface area (Å²) in [7, 11) is 1.55. The fraction of sp³-hybridized carbons (Fsp3) is 0.581. The third-order valence-electron chi connectivity index (χ3n) is 8.22. The molecule has 40 heavy (non-hydrogen) atoms. The minimum absolute atomic E-state index is 0.0958. The van der Waals surface area contributed by atoms with Crippen LogP contribution < -0.4 is 10.2 Å². The maximum atomic E-state index is 14.2. The van der Waals surface area contributed by atoms with E-state index in [1.54, 1.807) is 13.1 Å². The molecular weight excluding hydrogens is 546 g/mol. The Balaban J connectivity index is 2.23. The summed E-state index contributed by atoms with van der Waals surface area (Å²) in [5.74, 6) is -0.191. The lowest BCUT2D eigenvalue weighted by molar-refractivity contribution is -0.116. The molecule has 1 amide bonds. The van der Waals surface area contributed by atoms with Crippen LogP contribution in [-0.2, 0) is 14.8 Å². The van der Waals surface area contributed by atoms with Crippen LogP contribution in [0.1, 0.15) is 88.7 Å². The average Bonchev–Trinajstić information content (AvgIpc) is 2.97. The van der Waals surface area contributed by atoms with Crippen molar-refractivity contribution in [2.24, 2.45) is 0 Å². The Kier molecular flexibility index (Phi) is 11.5. The van der Waals surface area contributed by atoms with Crippen LogP contribution in [0.4, 0.5) is 11.4 Å². The fourth-order valence-electron chi connectivity index (χ4n) is 5.82. The lowest BCUT2D eigenvalue weighted by Crippen LogP contribution is -2.57. The standard InChI is InChI=1S/C31H46ClN3O4S/c1-6-8-18-31(19-9-7-2)30(37)29(23-13-12-14-24(21-23)33-28(36)15-10-11-20-32)26-22-25(34(3)4)16-17-27(26)40(38,39)35(31)5/h12-14,16-17,21-22,29-30,37H,6-11,15,18-20H2,1-5H3,(H,33,36)/t29-,30-/m1/s1. The van der Waals surface area contributed by atoms with Gasteiger partial charge in [-0.15, -0.1) is 11.6 Å². The van der Waals surface area contributed by atoms with Crippen LogP contribution in [0.25, 0.3) is 0 Å². The number of hydrogen-bond acceptors (Lipinski definition) is 5. The number of anilines is 2. The third-order valence-corrected chi connectivity index (χ3v) is 10.5. The number of aliphatic hydroxyl groups excluding tert-OH is 1. The second-order valence-corrected chi connectivity index (χ2v) is 13.5. The quantitative estimate of drug-likeness (QED) is 0.209. The summed E-state index contributed by atoms with van der Waals surface area (Å²) in [6, 6.07) is 12.9. The van der Waals surface area contributed by atoms with E-state index in [9.17, 15) is 18.3 Å². The summed E-state index contributed by atoms with van der Waals surface area (Å²) >= 11 is 5.76. The minimum atomic E-state index is -3.91. The van der Waals surface area contributed by atoms with Gasteiger partial charge in [-0.25, -0.2) is 8.42 Å². The molecule has 0 radical (unpaired) electrons. The summed E-state index contributed by atoms with van der Waals surface area (Å²) in [5.41, 5.74) is 1.84. The first-order valence-electron chi connectivity index (χ1n) is 14.5. The number of rotatable bonds is 13. The third kappa shape index (κ3) is 6.84. The normalized spacial score (nSPS) is 20.0. The van der Waals surface area contributed by atoms with Gasteiger partial charge in [0.2, 0.25) is 15.9 Å². The van der Waals surface area contributed by atoms with Crippen LogP contribution in [0.5, 0.6) is 0 Å². The number of unbranched alkanes of at least 4 members (excludes halogenated alkanes) is 3. The lowest BCUT2D eigenvalue weighted by Gasteiger charge is -2.45. The van der Waals surface area contributed by atoms with E-state index in [0.717, 1.165) is 43.4 Å². The molecule has 0 fully saturated rings. The number of amides is 1. The summed E-state index contributed by atoms with van der Waals surface area (Å²) in [4.78, 5) is 14.7. The molecule has 2 aromatic rings. The van der Waals surface area contributed by atoms with Gasteiger partial charge >= 0.3 is 0 Å². The number of carbonyl (C=O) groups is 1. The van der Waals surface area contributed by atoms with Gasteiger partial charge in [-0.05, 0) is 67.1 Å². The first-order valence-corrected chi connectivity index (χ1v) is 16.4. The second kappa shape index (κ2) is 14.2. The highest BCUT2D eigenvalue weighted by molar-refractivity contribution is 7.89. The van der Waals surface area contributed by atoms with Gasteiger partial charge in [-0.3, -0.25) is 4.79 Å². The van der Waals surface area contributed by atoms with E-state index in [2.05, 4.69) is 19.2 Å². The number of nitrogens with zero attached hydrogens (tertiary/aromatic N) is 2. The predicted octanol–water partition coefficient (Wildman–Crippen LogP) is 6.35. The zero-order valence-corrected chi connectivity index (χ0v) is 26.2. The molecule has 0 aromatic heterocycles. The molecule has 1 aliphatic heterocycles. The van der Waals surface area contributed by atoms with Crippen LogP contribution in [0.2, 0.25) is 0 Å². The summed E-state index contributed by atoms with van der Waals surface area (Å²) < 4.78 is 29.9. The van der Waals surface area contributed by atoms with E-state index in [-0.39, 0.29) is 10.8 Å². The number of benzene rings is 2. The zero-order valence-electron chi connectivity index (χ0n) is 24.6. The van der Waals surface area contributed by atoms with E-state index in [0.29, 0.717) is 42.8 Å². The van der Waals surface area contributed by atoms with E-state index >= 15 is 0 Å². The summed E-state index contributed by atoms with van der Waals surface area (Å²) in [6.07, 6.45) is 5.34. The SMILES string of the molecule is CCCCC1(CCCC)[C@H](O)[C@H](c2cccc(NC(=O)CCCCCl)c2)c2cc(N(C)C)ccc2S(=O)(=O)N1C. The van der Waals surface area contributed by atoms with Crippen molar-refractivity contribution >= 4 is 38.9 Å². The van der Waals surface area contributed by atoms with Gasteiger partial charge in [-0.1, -0.05) is 51.7 Å². The van der Waals surface area contributed by atoms with Gasteiger partial charge in [0.15, 0.2) is 0 Å². The van der Waals surface area contributed by atoms with Crippen molar-refractivity contribution in [3.63, 3.8) is 0 Å². The molecule has 9 heteroatoms. The maximum absolute atomic E-state index is 14.2. The molecule has 3 rings (SSSR count). The van der Waals surface area contributed by atoms with Gasteiger partial charge in [-0.2, -0.15) is 4.31 Å². The van der Waals surface area contributed by atoms with Gasteiger partial charge in [0.25, 0.3) is 0 Å². The minimum Gasteiger partial charge on any atom is -0.390 e. The number of hydrogen-bond donors (Lipinski definition) is 2. The number of carbonyl (C=O) groups excluding carboxylic acids is 1. The molecule has 0 bridgehead atoms. The van der Waals surface area contributed by atoms with E-state index in [1.807, 2.05) is 55.4 Å². The number of alkyl halides is 1. The van der Waals surface area contributed by atoms with Crippen LogP contribution in [-0.4, -0.2) is 62.4 Å². The molecule has 0 aliphatic carbocycles. The number of fused-ring (bicyclic) bond motifs is 1. The number of halogens is 1. The number of nitrogens with one attached hydrogen (secondary N) is 1. The smallest absolute Gasteiger partial charge is 0.243 e. The Morgan fingerprint density at radius 3 is 2.33 bits per heavy atom. The predicted molar refractivity (Wildman–Crippen MR) is 165 cm³/mol. The second-order valence-electron chi connectivity index (χ2n) is 11.1. The highest BCUT2D eigenvalue weighted by Crippen LogP contribution is 2.48. The Labute approximate surface area is 246 Å². The first kappa shape index (κ1) is 32.4. The van der Waals surface area contributed by atoms with E-state index < -0.39 is 27.6 Å². The van der Waals surface area contributed by atoms with Crippen molar-refractivity contribution < 1.29 is 18.3 Å². The molecule has 0 spiro atoms. The molecule has 7 nitrogen and oxygen atoms in total. The Morgan fingerprint density at radius 1 is 1.05 bits per heavy atom. The maximum Gasteiger partial charge on any atom is 0.243 e. The Morgan fingerprint density at radius 2 is 1.73 bits per heavy atom. The monoisotopic (exact) mass is 591 g/mol. The average molecular weight is 592 g/mol. The van der Waals surface area contributed by atoms with Gasteiger partial charge in [0, 0.05) is 50.7 Å². The van der Waals surface area contributed by atoms with Crippen LogP contribution >= 0.6 is 11.6 Å². The van der Waals surface area contributed by atoms with Crippen molar-refractivity contribution in [2.45, 2.75) is 94.1 Å². The topological polar surface area (TPSA) is 90.0 Å². The lowest BCUT2D eigenvalue weighted by atomic mass is 9.72. The van der Waals surface area contributed by atoms with E-state index in [1.165, 1.54) is 4.31 Å². The number of sulfonamides is 1. The zero-order chi connectivity index (χ0) is 29.5. The van der Waals surface area contributed by atoms with Crippen molar-refractivity contribution in [1.29, 1.82) is 0 Å². The van der Waals surface area contributed by atoms with Crippen molar-refractivity contribution in [3.8, 4) is 0 Å².